The van der Waals surface area contributed by atoms with Crippen LogP contribution >= 0.6 is 15.9 Å². The first kappa shape index (κ1) is 12.9. The number of halogens is 1. The number of pyridine rings is 1. The van der Waals surface area contributed by atoms with Gasteiger partial charge in [-0.15, -0.1) is 0 Å². The average molecular weight is 297 g/mol. The van der Waals surface area contributed by atoms with E-state index in [1.165, 1.54) is 32.1 Å². The number of aromatic nitrogens is 1. The highest BCUT2D eigenvalue weighted by Gasteiger charge is 2.17. The van der Waals surface area contributed by atoms with Gasteiger partial charge < -0.3 is 4.90 Å². The smallest absolute Gasteiger partial charge is 0.129 e. The van der Waals surface area contributed by atoms with E-state index < -0.39 is 0 Å². The minimum absolute atomic E-state index is 0.928. The Balaban J connectivity index is 1.99. The quantitative estimate of drug-likeness (QED) is 0.775. The van der Waals surface area contributed by atoms with Gasteiger partial charge in [-0.2, -0.15) is 0 Å². The van der Waals surface area contributed by atoms with Crippen LogP contribution in [0.15, 0.2) is 22.8 Å². The van der Waals surface area contributed by atoms with Crippen LogP contribution in [0.3, 0.4) is 0 Å². The Kier molecular flexibility index (Phi) is 4.84. The van der Waals surface area contributed by atoms with Gasteiger partial charge in [-0.3, -0.25) is 0 Å². The molecule has 1 aliphatic heterocycles. The number of hydrogen-bond donors (Lipinski definition) is 0. The van der Waals surface area contributed by atoms with Gasteiger partial charge in [0, 0.05) is 13.1 Å². The highest BCUT2D eigenvalue weighted by atomic mass is 79.9. The number of hydrogen-bond acceptors (Lipinski definition) is 2. The lowest BCUT2D eigenvalue weighted by Gasteiger charge is -2.21. The average Bonchev–Trinajstić information content (AvgIpc) is 2.55. The molecule has 0 amide bonds. The van der Waals surface area contributed by atoms with Crippen molar-refractivity contribution < 1.29 is 0 Å². The maximum atomic E-state index is 4.55. The molecule has 0 aromatic carbocycles. The first-order valence-electron chi connectivity index (χ1n) is 6.67. The zero-order valence-electron chi connectivity index (χ0n) is 10.5. The van der Waals surface area contributed by atoms with Crippen LogP contribution in [0.4, 0.5) is 5.82 Å². The molecule has 1 aromatic rings. The van der Waals surface area contributed by atoms with Crippen LogP contribution in [0.5, 0.6) is 0 Å². The van der Waals surface area contributed by atoms with E-state index in [0.717, 1.165) is 29.4 Å². The van der Waals surface area contributed by atoms with Crippen LogP contribution < -0.4 is 4.90 Å². The number of nitrogens with zero attached hydrogens (tertiary/aromatic N) is 2. The summed E-state index contributed by atoms with van der Waals surface area (Å²) in [5.74, 6) is 2.05. The lowest BCUT2D eigenvalue weighted by Crippen LogP contribution is -2.25. The summed E-state index contributed by atoms with van der Waals surface area (Å²) in [5, 5.41) is 0. The van der Waals surface area contributed by atoms with E-state index in [0.29, 0.717) is 0 Å². The van der Waals surface area contributed by atoms with Gasteiger partial charge in [0.1, 0.15) is 10.4 Å². The summed E-state index contributed by atoms with van der Waals surface area (Å²) in [6.45, 7) is 4.61. The fourth-order valence-corrected chi connectivity index (χ4v) is 3.00. The Labute approximate surface area is 113 Å². The van der Waals surface area contributed by atoms with Gasteiger partial charge in [-0.1, -0.05) is 25.8 Å². The van der Waals surface area contributed by atoms with Gasteiger partial charge in [0.2, 0.25) is 0 Å². The Hall–Kier alpha value is -0.570. The molecule has 1 aromatic heterocycles. The van der Waals surface area contributed by atoms with E-state index in [-0.39, 0.29) is 0 Å². The van der Waals surface area contributed by atoms with Crippen LogP contribution in [0.2, 0.25) is 0 Å². The molecule has 0 aliphatic carbocycles. The van der Waals surface area contributed by atoms with Crippen LogP contribution in [0.25, 0.3) is 0 Å². The van der Waals surface area contributed by atoms with Crippen LogP contribution in [-0.4, -0.2) is 18.1 Å². The van der Waals surface area contributed by atoms with E-state index in [9.17, 15) is 0 Å². The molecule has 2 nitrogen and oxygen atoms in total. The Morgan fingerprint density at radius 1 is 1.35 bits per heavy atom. The van der Waals surface area contributed by atoms with E-state index in [1.54, 1.807) is 0 Å². The fourth-order valence-electron chi connectivity index (χ4n) is 2.67. The molecule has 0 N–H and O–H groups in total. The first-order valence-corrected chi connectivity index (χ1v) is 7.46. The van der Waals surface area contributed by atoms with Crippen molar-refractivity contribution in [2.45, 2.75) is 39.0 Å². The van der Waals surface area contributed by atoms with E-state index >= 15 is 0 Å². The maximum absolute atomic E-state index is 4.55. The number of anilines is 1. The Morgan fingerprint density at radius 2 is 2.24 bits per heavy atom. The van der Waals surface area contributed by atoms with Crippen LogP contribution in [-0.2, 0) is 0 Å². The van der Waals surface area contributed by atoms with Crippen molar-refractivity contribution in [3.8, 4) is 0 Å². The minimum Gasteiger partial charge on any atom is -0.357 e. The summed E-state index contributed by atoms with van der Waals surface area (Å²) in [6.07, 6.45) is 6.72. The SMILES string of the molecule is CCCC1CCCN(c2cccc(Br)n2)CC1. The van der Waals surface area contributed by atoms with Gasteiger partial charge in [-0.25, -0.2) is 4.98 Å². The normalized spacial score (nSPS) is 21.3. The van der Waals surface area contributed by atoms with Gasteiger partial charge in [0.25, 0.3) is 0 Å². The molecular weight excluding hydrogens is 276 g/mol. The predicted octanol–water partition coefficient (Wildman–Crippen LogP) is 4.25. The fraction of sp³-hybridized carbons (Fsp3) is 0.643. The predicted molar refractivity (Wildman–Crippen MR) is 76.4 cm³/mol. The summed E-state index contributed by atoms with van der Waals surface area (Å²) in [7, 11) is 0. The molecule has 0 radical (unpaired) electrons. The zero-order chi connectivity index (χ0) is 12.1. The molecule has 2 heterocycles. The van der Waals surface area contributed by atoms with Crippen molar-refractivity contribution in [2.24, 2.45) is 5.92 Å². The lowest BCUT2D eigenvalue weighted by molar-refractivity contribution is 0.435. The minimum atomic E-state index is 0.928. The summed E-state index contributed by atoms with van der Waals surface area (Å²) in [6, 6.07) is 6.17. The molecule has 1 saturated heterocycles. The molecule has 3 heteroatoms. The third-order valence-corrected chi connectivity index (χ3v) is 4.01. The van der Waals surface area contributed by atoms with Crippen LogP contribution in [0, 0.1) is 5.92 Å². The Bertz CT molecular complexity index is 354. The van der Waals surface area contributed by atoms with E-state index in [1.807, 2.05) is 6.07 Å². The second kappa shape index (κ2) is 6.39. The molecule has 1 atom stereocenters. The molecule has 0 spiro atoms. The van der Waals surface area contributed by atoms with E-state index in [2.05, 4.69) is 44.9 Å². The molecule has 0 saturated carbocycles. The van der Waals surface area contributed by atoms with Gasteiger partial charge in [0.15, 0.2) is 0 Å². The molecule has 1 aliphatic rings. The van der Waals surface area contributed by atoms with Crippen molar-refractivity contribution >= 4 is 21.7 Å². The van der Waals surface area contributed by atoms with E-state index in [4.69, 9.17) is 0 Å². The standard InChI is InChI=1S/C14H21BrN2/c1-2-5-12-6-4-10-17(11-9-12)14-8-3-7-13(15)16-14/h3,7-8,12H,2,4-6,9-11H2,1H3. The highest BCUT2D eigenvalue weighted by Crippen LogP contribution is 2.25. The zero-order valence-corrected chi connectivity index (χ0v) is 12.1. The molecule has 17 heavy (non-hydrogen) atoms. The van der Waals surface area contributed by atoms with Gasteiger partial charge in [-0.05, 0) is 53.2 Å². The summed E-state index contributed by atoms with van der Waals surface area (Å²) in [5.41, 5.74) is 0. The summed E-state index contributed by atoms with van der Waals surface area (Å²) < 4.78 is 0.935. The third kappa shape index (κ3) is 3.70. The lowest BCUT2D eigenvalue weighted by atomic mass is 9.96. The van der Waals surface area contributed by atoms with Crippen molar-refractivity contribution in [3.05, 3.63) is 22.8 Å². The molecule has 2 rings (SSSR count). The largest absolute Gasteiger partial charge is 0.357 e. The second-order valence-corrected chi connectivity index (χ2v) is 5.70. The molecule has 1 fully saturated rings. The van der Waals surface area contributed by atoms with Gasteiger partial charge >= 0.3 is 0 Å². The molecular formula is C14H21BrN2. The van der Waals surface area contributed by atoms with Crippen LogP contribution in [0.1, 0.15) is 39.0 Å². The van der Waals surface area contributed by atoms with Gasteiger partial charge in [0.05, 0.1) is 0 Å². The molecule has 0 bridgehead atoms. The molecule has 94 valence electrons. The topological polar surface area (TPSA) is 16.1 Å². The van der Waals surface area contributed by atoms with Crippen molar-refractivity contribution in [1.82, 2.24) is 4.98 Å². The number of rotatable bonds is 3. The summed E-state index contributed by atoms with van der Waals surface area (Å²) in [4.78, 5) is 6.98. The monoisotopic (exact) mass is 296 g/mol. The summed E-state index contributed by atoms with van der Waals surface area (Å²) >= 11 is 3.45. The van der Waals surface area contributed by atoms with Crippen molar-refractivity contribution in [3.63, 3.8) is 0 Å². The maximum Gasteiger partial charge on any atom is 0.129 e. The second-order valence-electron chi connectivity index (χ2n) is 4.89. The first-order chi connectivity index (χ1) is 8.29. The highest BCUT2D eigenvalue weighted by molar-refractivity contribution is 9.10. The third-order valence-electron chi connectivity index (χ3n) is 3.57. The molecule has 1 unspecified atom stereocenters. The van der Waals surface area contributed by atoms with Crippen molar-refractivity contribution in [2.75, 3.05) is 18.0 Å². The van der Waals surface area contributed by atoms with Crippen molar-refractivity contribution in [1.29, 1.82) is 0 Å². The Morgan fingerprint density at radius 3 is 3.00 bits per heavy atom.